The predicted octanol–water partition coefficient (Wildman–Crippen LogP) is 10.0. The predicted molar refractivity (Wildman–Crippen MR) is 165 cm³/mol. The van der Waals surface area contributed by atoms with Gasteiger partial charge >= 0.3 is 0 Å². The number of rotatable bonds is 4. The Kier molecular flexibility index (Phi) is 8.63. The van der Waals surface area contributed by atoms with E-state index in [9.17, 15) is 9.90 Å². The van der Waals surface area contributed by atoms with Crippen molar-refractivity contribution >= 4 is 5.78 Å². The number of carbonyl (C=O) groups excluding carboxylic acids is 1. The van der Waals surface area contributed by atoms with Gasteiger partial charge in [-0.05, 0) is 129 Å². The number of fused-ring (bicyclic) bond motifs is 4. The molecule has 4 unspecified atom stereocenters. The summed E-state index contributed by atoms with van der Waals surface area (Å²) in [4.78, 5) is 11.4. The van der Waals surface area contributed by atoms with E-state index >= 15 is 0 Å². The monoisotopic (exact) mass is 536 g/mol. The lowest BCUT2D eigenvalue weighted by Gasteiger charge is -2.59. The molecule has 0 saturated heterocycles. The van der Waals surface area contributed by atoms with Crippen molar-refractivity contribution < 1.29 is 9.90 Å². The number of aliphatic hydroxyl groups is 1. The highest BCUT2D eigenvalue weighted by molar-refractivity contribution is 5.75. The average molecular weight is 537 g/mol. The lowest BCUT2D eigenvalue weighted by atomic mass is 9.46. The van der Waals surface area contributed by atoms with Crippen molar-refractivity contribution in [3.63, 3.8) is 0 Å². The summed E-state index contributed by atoms with van der Waals surface area (Å²) >= 11 is 0. The van der Waals surface area contributed by atoms with Gasteiger partial charge in [0.2, 0.25) is 0 Å². The van der Waals surface area contributed by atoms with Gasteiger partial charge in [0.05, 0.1) is 0 Å². The van der Waals surface area contributed by atoms with E-state index in [1.165, 1.54) is 75.4 Å². The van der Waals surface area contributed by atoms with E-state index in [1.54, 1.807) is 13.0 Å². The van der Waals surface area contributed by atoms with Gasteiger partial charge in [-0.25, -0.2) is 0 Å². The Bertz CT molecular complexity index is 983. The molecule has 0 aromatic heterocycles. The topological polar surface area (TPSA) is 37.3 Å². The molecule has 5 aliphatic carbocycles. The fraction of sp³-hybridized carbons (Fsp3) is 0.811. The zero-order chi connectivity index (χ0) is 28.9. The summed E-state index contributed by atoms with van der Waals surface area (Å²) in [6.45, 7) is 24.8. The molecular formula is C37H60O2. The average Bonchev–Trinajstić information content (AvgIpc) is 2.82. The second-order valence-electron chi connectivity index (χ2n) is 16.3. The summed E-state index contributed by atoms with van der Waals surface area (Å²) in [5, 5.41) is 10.5. The molecule has 1 N–H and O–H groups in total. The van der Waals surface area contributed by atoms with E-state index in [1.807, 2.05) is 0 Å². The summed E-state index contributed by atoms with van der Waals surface area (Å²) in [6, 6.07) is 0. The minimum absolute atomic E-state index is 0.327. The third-order valence-electron chi connectivity index (χ3n) is 13.0. The van der Waals surface area contributed by atoms with E-state index in [0.29, 0.717) is 39.3 Å². The molecule has 5 aliphatic rings. The van der Waals surface area contributed by atoms with Crippen LogP contribution < -0.4 is 0 Å². The van der Waals surface area contributed by atoms with Crippen molar-refractivity contribution in [2.45, 2.75) is 144 Å². The first-order valence-corrected chi connectivity index (χ1v) is 16.3. The van der Waals surface area contributed by atoms with Crippen LogP contribution in [0.1, 0.15) is 138 Å². The van der Waals surface area contributed by atoms with Crippen LogP contribution in [0, 0.1) is 45.3 Å². The fourth-order valence-corrected chi connectivity index (χ4v) is 11.0. The lowest BCUT2D eigenvalue weighted by molar-refractivity contribution is -0.118. The Morgan fingerprint density at radius 3 is 2.05 bits per heavy atom. The van der Waals surface area contributed by atoms with Crippen LogP contribution in [0.3, 0.4) is 0 Å². The molecular weight excluding hydrogens is 476 g/mol. The van der Waals surface area contributed by atoms with Gasteiger partial charge < -0.3 is 9.90 Å². The molecule has 0 aromatic carbocycles. The van der Waals surface area contributed by atoms with Crippen LogP contribution in [0.15, 0.2) is 36.5 Å². The van der Waals surface area contributed by atoms with Gasteiger partial charge in [0, 0.05) is 6.42 Å². The smallest absolute Gasteiger partial charge is 0.129 e. The van der Waals surface area contributed by atoms with Crippen molar-refractivity contribution in [2.75, 3.05) is 0 Å². The number of ketones is 1. The van der Waals surface area contributed by atoms with Gasteiger partial charge in [0.15, 0.2) is 0 Å². The van der Waals surface area contributed by atoms with E-state index in [2.05, 4.69) is 60.8 Å². The summed E-state index contributed by atoms with van der Waals surface area (Å²) in [7, 11) is 0. The van der Waals surface area contributed by atoms with Gasteiger partial charge in [-0.1, -0.05) is 84.8 Å². The maximum Gasteiger partial charge on any atom is 0.129 e. The van der Waals surface area contributed by atoms with Crippen molar-refractivity contribution in [3.8, 4) is 0 Å². The largest absolute Gasteiger partial charge is 0.382 e. The molecule has 220 valence electrons. The Morgan fingerprint density at radius 1 is 0.897 bits per heavy atom. The molecule has 0 bridgehead atoms. The normalized spacial score (nSPS) is 42.5. The Balaban J connectivity index is 0.000000181. The first kappa shape index (κ1) is 30.8. The van der Waals surface area contributed by atoms with Crippen LogP contribution in [0.25, 0.3) is 0 Å². The molecule has 0 aliphatic heterocycles. The number of Topliss-reactive ketones (excluding diaryl/α,β-unsaturated/α-hetero) is 1. The maximum atomic E-state index is 11.4. The first-order valence-electron chi connectivity index (χ1n) is 16.3. The highest BCUT2D eigenvalue weighted by atomic mass is 16.3. The standard InChI is InChI=1S/C19H30O.C18H30O/c1-5-19(20)12-9-15-14(13-19)7-8-16-17(2,3)10-6-11-18(15,16)4;1-13-7-10-16-17(3,4)11-6-12-18(16,5)15(13)9-8-14(2)19/h5,13,15-16,20H,1,6-12H2,2-4H3;15-16H,1,6-12H2,2-5H3/t15?,16?,18-,19+;15?,16?,18-/m11/s1. The number of allylic oxidation sites excluding steroid dienone is 2. The van der Waals surface area contributed by atoms with Crippen LogP contribution in [0.4, 0.5) is 0 Å². The van der Waals surface area contributed by atoms with E-state index in [4.69, 9.17) is 0 Å². The minimum Gasteiger partial charge on any atom is -0.382 e. The van der Waals surface area contributed by atoms with Crippen LogP contribution in [0.5, 0.6) is 0 Å². The molecule has 2 nitrogen and oxygen atoms in total. The quantitative estimate of drug-likeness (QED) is 0.363. The van der Waals surface area contributed by atoms with Gasteiger partial charge in [-0.15, -0.1) is 0 Å². The zero-order valence-electron chi connectivity index (χ0n) is 26.6. The molecule has 4 fully saturated rings. The molecule has 0 amide bonds. The Hall–Kier alpha value is -1.15. The van der Waals surface area contributed by atoms with Crippen molar-refractivity contribution in [2.24, 2.45) is 45.3 Å². The maximum absolute atomic E-state index is 11.4. The van der Waals surface area contributed by atoms with Crippen molar-refractivity contribution in [1.29, 1.82) is 0 Å². The molecule has 39 heavy (non-hydrogen) atoms. The van der Waals surface area contributed by atoms with E-state index in [0.717, 1.165) is 37.5 Å². The molecule has 4 saturated carbocycles. The SMILES string of the molecule is C=C1CCC2C(C)(C)CCC[C@]2(C)C1CCC(C)=O.C=C[C@@]1(O)C=C2CCC3C(C)(C)CCC[C@]3(C)C2CC1. The van der Waals surface area contributed by atoms with E-state index in [-0.39, 0.29) is 0 Å². The summed E-state index contributed by atoms with van der Waals surface area (Å²) in [6.07, 6.45) is 20.7. The Morgan fingerprint density at radius 2 is 1.46 bits per heavy atom. The van der Waals surface area contributed by atoms with Crippen molar-refractivity contribution in [3.05, 3.63) is 36.5 Å². The summed E-state index contributed by atoms with van der Waals surface area (Å²) < 4.78 is 0. The zero-order valence-corrected chi connectivity index (χ0v) is 26.6. The fourth-order valence-electron chi connectivity index (χ4n) is 11.0. The second-order valence-corrected chi connectivity index (χ2v) is 16.3. The third kappa shape index (κ3) is 5.80. The highest BCUT2D eigenvalue weighted by Crippen LogP contribution is 2.64. The van der Waals surface area contributed by atoms with Gasteiger partial charge in [-0.2, -0.15) is 0 Å². The highest BCUT2D eigenvalue weighted by Gasteiger charge is 2.55. The van der Waals surface area contributed by atoms with Crippen LogP contribution in [-0.4, -0.2) is 16.5 Å². The molecule has 5 rings (SSSR count). The molecule has 0 heterocycles. The molecule has 0 spiro atoms. The third-order valence-corrected chi connectivity index (χ3v) is 13.0. The van der Waals surface area contributed by atoms with E-state index < -0.39 is 5.60 Å². The molecule has 0 aromatic rings. The number of carbonyl (C=O) groups is 1. The lowest BCUT2D eigenvalue weighted by Crippen LogP contribution is -2.51. The first-order chi connectivity index (χ1) is 18.1. The molecule has 0 radical (unpaired) electrons. The second kappa shape index (κ2) is 10.9. The summed E-state index contributed by atoms with van der Waals surface area (Å²) in [5.74, 6) is 3.24. The van der Waals surface area contributed by atoms with Crippen molar-refractivity contribution in [1.82, 2.24) is 0 Å². The van der Waals surface area contributed by atoms with Crippen LogP contribution in [-0.2, 0) is 4.79 Å². The molecule has 7 atom stereocenters. The number of hydrogen-bond donors (Lipinski definition) is 1. The van der Waals surface area contributed by atoms with Crippen LogP contribution in [0.2, 0.25) is 0 Å². The van der Waals surface area contributed by atoms with Gasteiger partial charge in [-0.3, -0.25) is 0 Å². The van der Waals surface area contributed by atoms with Gasteiger partial charge in [0.25, 0.3) is 0 Å². The summed E-state index contributed by atoms with van der Waals surface area (Å²) in [5.41, 5.74) is 3.99. The number of hydrogen-bond acceptors (Lipinski definition) is 2. The van der Waals surface area contributed by atoms with Crippen LogP contribution >= 0.6 is 0 Å². The minimum atomic E-state index is -0.737. The van der Waals surface area contributed by atoms with Gasteiger partial charge in [0.1, 0.15) is 11.4 Å². The Labute approximate surface area is 241 Å². The molecule has 2 heteroatoms.